The summed E-state index contributed by atoms with van der Waals surface area (Å²) in [5.74, 6) is 1.21. The van der Waals surface area contributed by atoms with Crippen LogP contribution in [0.25, 0.3) is 0 Å². The summed E-state index contributed by atoms with van der Waals surface area (Å²) in [5.41, 5.74) is 4.19. The number of rotatable bonds is 6. The maximum atomic E-state index is 12.5. The lowest BCUT2D eigenvalue weighted by Crippen LogP contribution is -2.36. The third-order valence-corrected chi connectivity index (χ3v) is 5.28. The van der Waals surface area contributed by atoms with Crippen molar-refractivity contribution in [2.75, 3.05) is 17.6 Å². The molecular formula is C20H22N2O2S. The minimum atomic E-state index is -0.396. The number of thioether (sulfide) groups is 1. The van der Waals surface area contributed by atoms with E-state index in [1.807, 2.05) is 24.3 Å². The number of carbonyl (C=O) groups is 2. The molecule has 0 saturated carbocycles. The van der Waals surface area contributed by atoms with Crippen LogP contribution in [0.5, 0.6) is 0 Å². The molecule has 1 atom stereocenters. The fourth-order valence-corrected chi connectivity index (χ4v) is 3.71. The summed E-state index contributed by atoms with van der Waals surface area (Å²) in [6.07, 6.45) is 0.208. The molecule has 1 aliphatic rings. The van der Waals surface area contributed by atoms with E-state index in [2.05, 4.69) is 41.8 Å². The van der Waals surface area contributed by atoms with E-state index in [4.69, 9.17) is 0 Å². The molecule has 5 heteroatoms. The van der Waals surface area contributed by atoms with Crippen LogP contribution in [0.1, 0.15) is 29.0 Å². The Kier molecular flexibility index (Phi) is 5.76. The molecule has 0 aliphatic carbocycles. The van der Waals surface area contributed by atoms with E-state index in [1.54, 1.807) is 11.8 Å². The lowest BCUT2D eigenvalue weighted by atomic mass is 9.90. The summed E-state index contributed by atoms with van der Waals surface area (Å²) in [6.45, 7) is 2.69. The van der Waals surface area contributed by atoms with E-state index in [1.165, 1.54) is 11.1 Å². The Morgan fingerprint density at radius 2 is 1.96 bits per heavy atom. The van der Waals surface area contributed by atoms with Gasteiger partial charge < -0.3 is 10.6 Å². The highest BCUT2D eigenvalue weighted by Crippen LogP contribution is 2.31. The second kappa shape index (κ2) is 8.21. The lowest BCUT2D eigenvalue weighted by molar-refractivity contribution is -0.126. The van der Waals surface area contributed by atoms with Crippen molar-refractivity contribution in [3.05, 3.63) is 65.2 Å². The number of benzene rings is 2. The summed E-state index contributed by atoms with van der Waals surface area (Å²) < 4.78 is 0. The summed E-state index contributed by atoms with van der Waals surface area (Å²) in [4.78, 5) is 24.3. The van der Waals surface area contributed by atoms with E-state index < -0.39 is 5.92 Å². The summed E-state index contributed by atoms with van der Waals surface area (Å²) in [5, 5.41) is 5.79. The van der Waals surface area contributed by atoms with E-state index >= 15 is 0 Å². The minimum absolute atomic E-state index is 0.0711. The van der Waals surface area contributed by atoms with Crippen molar-refractivity contribution in [1.82, 2.24) is 5.32 Å². The first-order valence-electron chi connectivity index (χ1n) is 8.43. The van der Waals surface area contributed by atoms with Crippen LogP contribution in [0.3, 0.4) is 0 Å². The smallest absolute Gasteiger partial charge is 0.228 e. The number of hydrogen-bond donors (Lipinski definition) is 2. The van der Waals surface area contributed by atoms with Crippen LogP contribution < -0.4 is 10.6 Å². The molecule has 0 bridgehead atoms. The molecule has 0 fully saturated rings. The molecule has 1 aliphatic heterocycles. The summed E-state index contributed by atoms with van der Waals surface area (Å²) in [6, 6.07) is 16.0. The van der Waals surface area contributed by atoms with Gasteiger partial charge in [-0.25, -0.2) is 0 Å². The first kappa shape index (κ1) is 17.5. The van der Waals surface area contributed by atoms with Crippen molar-refractivity contribution in [2.24, 2.45) is 0 Å². The third-order valence-electron chi connectivity index (χ3n) is 4.25. The second-order valence-corrected chi connectivity index (χ2v) is 7.33. The van der Waals surface area contributed by atoms with Gasteiger partial charge in [0.05, 0.1) is 5.92 Å². The van der Waals surface area contributed by atoms with Gasteiger partial charge in [-0.1, -0.05) is 48.0 Å². The van der Waals surface area contributed by atoms with Gasteiger partial charge in [-0.3, -0.25) is 9.59 Å². The van der Waals surface area contributed by atoms with Gasteiger partial charge in [-0.2, -0.15) is 11.8 Å². The van der Waals surface area contributed by atoms with E-state index in [0.29, 0.717) is 6.54 Å². The molecule has 1 heterocycles. The Morgan fingerprint density at radius 1 is 1.20 bits per heavy atom. The fourth-order valence-electron chi connectivity index (χ4n) is 2.89. The van der Waals surface area contributed by atoms with Gasteiger partial charge in [-0.05, 0) is 24.1 Å². The molecule has 0 aromatic heterocycles. The van der Waals surface area contributed by atoms with Crippen molar-refractivity contribution >= 4 is 29.3 Å². The van der Waals surface area contributed by atoms with Crippen molar-refractivity contribution in [3.63, 3.8) is 0 Å². The molecule has 130 valence electrons. The van der Waals surface area contributed by atoms with Crippen LogP contribution in [0.2, 0.25) is 0 Å². The highest BCUT2D eigenvalue weighted by molar-refractivity contribution is 7.98. The number of hydrogen-bond acceptors (Lipinski definition) is 3. The number of anilines is 1. The number of nitrogens with one attached hydrogen (secondary N) is 2. The number of para-hydroxylation sites is 1. The molecule has 2 amide bonds. The SMILES string of the molecule is Cc1ccc(CSCCNC(=O)C2CC(=O)Nc3ccccc32)cc1. The molecule has 2 aromatic rings. The number of amides is 2. The van der Waals surface area contributed by atoms with Crippen molar-refractivity contribution < 1.29 is 9.59 Å². The minimum Gasteiger partial charge on any atom is -0.355 e. The predicted molar refractivity (Wildman–Crippen MR) is 103 cm³/mol. The maximum Gasteiger partial charge on any atom is 0.228 e. The zero-order valence-electron chi connectivity index (χ0n) is 14.2. The molecular weight excluding hydrogens is 332 g/mol. The number of aryl methyl sites for hydroxylation is 1. The normalized spacial score (nSPS) is 16.0. The van der Waals surface area contributed by atoms with Gasteiger partial charge in [0.1, 0.15) is 0 Å². The Balaban J connectivity index is 1.46. The van der Waals surface area contributed by atoms with Crippen LogP contribution >= 0.6 is 11.8 Å². The van der Waals surface area contributed by atoms with Crippen LogP contribution in [-0.4, -0.2) is 24.1 Å². The van der Waals surface area contributed by atoms with Crippen LogP contribution in [-0.2, 0) is 15.3 Å². The molecule has 25 heavy (non-hydrogen) atoms. The predicted octanol–water partition coefficient (Wildman–Crippen LogP) is 3.47. The van der Waals surface area contributed by atoms with Gasteiger partial charge in [0.2, 0.25) is 11.8 Å². The molecule has 2 aromatic carbocycles. The molecule has 0 saturated heterocycles. The average molecular weight is 354 g/mol. The summed E-state index contributed by atoms with van der Waals surface area (Å²) in [7, 11) is 0. The van der Waals surface area contributed by atoms with Gasteiger partial charge in [0.15, 0.2) is 0 Å². The Morgan fingerprint density at radius 3 is 2.76 bits per heavy atom. The molecule has 2 N–H and O–H groups in total. The molecule has 0 radical (unpaired) electrons. The Hall–Kier alpha value is -2.27. The van der Waals surface area contributed by atoms with Crippen LogP contribution in [0, 0.1) is 6.92 Å². The number of carbonyl (C=O) groups excluding carboxylic acids is 2. The first-order valence-corrected chi connectivity index (χ1v) is 9.59. The average Bonchev–Trinajstić information content (AvgIpc) is 2.62. The number of fused-ring (bicyclic) bond motifs is 1. The molecule has 1 unspecified atom stereocenters. The van der Waals surface area contributed by atoms with Crippen LogP contribution in [0.4, 0.5) is 5.69 Å². The monoisotopic (exact) mass is 354 g/mol. The quantitative estimate of drug-likeness (QED) is 0.781. The van der Waals surface area contributed by atoms with Gasteiger partial charge in [0, 0.05) is 30.2 Å². The van der Waals surface area contributed by atoms with E-state index in [9.17, 15) is 9.59 Å². The zero-order chi connectivity index (χ0) is 17.6. The van der Waals surface area contributed by atoms with Crippen LogP contribution in [0.15, 0.2) is 48.5 Å². The van der Waals surface area contributed by atoms with Crippen molar-refractivity contribution in [1.29, 1.82) is 0 Å². The zero-order valence-corrected chi connectivity index (χ0v) is 15.1. The van der Waals surface area contributed by atoms with Gasteiger partial charge >= 0.3 is 0 Å². The van der Waals surface area contributed by atoms with Crippen molar-refractivity contribution in [3.8, 4) is 0 Å². The van der Waals surface area contributed by atoms with E-state index in [-0.39, 0.29) is 18.2 Å². The van der Waals surface area contributed by atoms with Crippen molar-refractivity contribution in [2.45, 2.75) is 25.0 Å². The second-order valence-electron chi connectivity index (χ2n) is 6.22. The molecule has 0 spiro atoms. The Labute approximate surface area is 152 Å². The topological polar surface area (TPSA) is 58.2 Å². The standard InChI is InChI=1S/C20H22N2O2S/c1-14-6-8-15(9-7-14)13-25-11-10-21-20(24)17-12-19(23)22-18-5-3-2-4-16(17)18/h2-9,17H,10-13H2,1H3,(H,21,24)(H,22,23). The maximum absolute atomic E-state index is 12.5. The first-order chi connectivity index (χ1) is 12.1. The highest BCUT2D eigenvalue weighted by Gasteiger charge is 2.29. The lowest BCUT2D eigenvalue weighted by Gasteiger charge is -2.24. The molecule has 4 nitrogen and oxygen atoms in total. The van der Waals surface area contributed by atoms with Gasteiger partial charge in [0.25, 0.3) is 0 Å². The largest absolute Gasteiger partial charge is 0.355 e. The fraction of sp³-hybridized carbons (Fsp3) is 0.300. The summed E-state index contributed by atoms with van der Waals surface area (Å²) >= 11 is 1.79. The Bertz CT molecular complexity index is 759. The highest BCUT2D eigenvalue weighted by atomic mass is 32.2. The van der Waals surface area contributed by atoms with E-state index in [0.717, 1.165) is 22.8 Å². The molecule has 3 rings (SSSR count). The third kappa shape index (κ3) is 4.63. The van der Waals surface area contributed by atoms with Gasteiger partial charge in [-0.15, -0.1) is 0 Å².